The maximum atomic E-state index is 12.3. The number of amides is 2. The molecule has 19 heavy (non-hydrogen) atoms. The van der Waals surface area contributed by atoms with E-state index in [9.17, 15) is 9.59 Å². The van der Waals surface area contributed by atoms with E-state index < -0.39 is 11.9 Å². The number of carbonyl (C=O) groups is 2. The Balaban J connectivity index is 2.00. The van der Waals surface area contributed by atoms with Crippen molar-refractivity contribution in [3.05, 3.63) is 0 Å². The van der Waals surface area contributed by atoms with Gasteiger partial charge in [0.2, 0.25) is 0 Å². The number of nitrogens with zero attached hydrogens (tertiary/aromatic N) is 1. The predicted molar refractivity (Wildman–Crippen MR) is 68.9 cm³/mol. The highest BCUT2D eigenvalue weighted by Crippen LogP contribution is 2.28. The van der Waals surface area contributed by atoms with E-state index in [-0.39, 0.29) is 23.7 Å². The molecular formula is C13H22N2O4. The van der Waals surface area contributed by atoms with Crippen LogP contribution in [0, 0.1) is 5.92 Å². The van der Waals surface area contributed by atoms with E-state index in [1.807, 2.05) is 13.8 Å². The van der Waals surface area contributed by atoms with Crippen molar-refractivity contribution in [3.63, 3.8) is 0 Å². The third kappa shape index (κ3) is 2.54. The molecule has 2 amide bonds. The summed E-state index contributed by atoms with van der Waals surface area (Å²) in [5, 5.41) is 12.1. The summed E-state index contributed by atoms with van der Waals surface area (Å²) in [6, 6.07) is -0.449. The highest BCUT2D eigenvalue weighted by atomic mass is 16.5. The molecule has 0 spiro atoms. The number of aliphatic carboxylic acids is 1. The summed E-state index contributed by atoms with van der Waals surface area (Å²) >= 11 is 0. The Morgan fingerprint density at radius 1 is 1.42 bits per heavy atom. The van der Waals surface area contributed by atoms with Gasteiger partial charge in [-0.25, -0.2) is 4.79 Å². The van der Waals surface area contributed by atoms with Crippen LogP contribution in [-0.4, -0.2) is 52.8 Å². The molecule has 4 unspecified atom stereocenters. The van der Waals surface area contributed by atoms with Crippen molar-refractivity contribution >= 4 is 12.0 Å². The first-order valence-corrected chi connectivity index (χ1v) is 6.78. The van der Waals surface area contributed by atoms with Crippen molar-refractivity contribution in [3.8, 4) is 0 Å². The summed E-state index contributed by atoms with van der Waals surface area (Å²) in [7, 11) is 0. The first-order valence-electron chi connectivity index (χ1n) is 6.78. The Morgan fingerprint density at radius 3 is 2.58 bits per heavy atom. The normalized spacial score (nSPS) is 38.5. The van der Waals surface area contributed by atoms with Gasteiger partial charge in [0.05, 0.1) is 17.6 Å². The molecule has 2 aliphatic rings. The van der Waals surface area contributed by atoms with Gasteiger partial charge in [-0.15, -0.1) is 0 Å². The number of nitrogens with one attached hydrogen (secondary N) is 1. The lowest BCUT2D eigenvalue weighted by molar-refractivity contribution is -0.142. The highest BCUT2D eigenvalue weighted by Gasteiger charge is 2.43. The van der Waals surface area contributed by atoms with Crippen LogP contribution in [0.1, 0.15) is 33.6 Å². The molecule has 2 aliphatic heterocycles. The Morgan fingerprint density at radius 2 is 2.11 bits per heavy atom. The van der Waals surface area contributed by atoms with Crippen LogP contribution in [0.5, 0.6) is 0 Å². The molecule has 0 radical (unpaired) electrons. The Labute approximate surface area is 113 Å². The predicted octanol–water partition coefficient (Wildman–Crippen LogP) is 1.06. The van der Waals surface area contributed by atoms with Crippen LogP contribution in [-0.2, 0) is 9.53 Å². The number of hydrogen-bond acceptors (Lipinski definition) is 3. The van der Waals surface area contributed by atoms with Gasteiger partial charge in [-0.3, -0.25) is 4.79 Å². The van der Waals surface area contributed by atoms with Crippen molar-refractivity contribution in [2.75, 3.05) is 13.2 Å². The molecule has 2 fully saturated rings. The first-order chi connectivity index (χ1) is 8.85. The van der Waals surface area contributed by atoms with Crippen LogP contribution >= 0.6 is 0 Å². The maximum Gasteiger partial charge on any atom is 0.318 e. The van der Waals surface area contributed by atoms with Gasteiger partial charge in [-0.05, 0) is 33.6 Å². The van der Waals surface area contributed by atoms with Crippen molar-refractivity contribution in [1.29, 1.82) is 0 Å². The second kappa shape index (κ2) is 5.00. The molecule has 6 nitrogen and oxygen atoms in total. The fraction of sp³-hybridized carbons (Fsp3) is 0.846. The van der Waals surface area contributed by atoms with E-state index in [1.165, 1.54) is 0 Å². The average Bonchev–Trinajstić information content (AvgIpc) is 2.84. The maximum absolute atomic E-state index is 12.3. The smallest absolute Gasteiger partial charge is 0.318 e. The lowest BCUT2D eigenvalue weighted by Crippen LogP contribution is -2.56. The molecule has 2 saturated heterocycles. The molecule has 4 atom stereocenters. The van der Waals surface area contributed by atoms with Crippen LogP contribution in [0.3, 0.4) is 0 Å². The fourth-order valence-electron chi connectivity index (χ4n) is 2.87. The molecule has 2 heterocycles. The number of ether oxygens (including phenoxy) is 1. The highest BCUT2D eigenvalue weighted by molar-refractivity contribution is 5.78. The summed E-state index contributed by atoms with van der Waals surface area (Å²) in [4.78, 5) is 25.0. The molecule has 0 bridgehead atoms. The molecular weight excluding hydrogens is 248 g/mol. The number of carboxylic acid groups (broad SMARTS) is 1. The molecule has 6 heteroatoms. The largest absolute Gasteiger partial charge is 0.481 e. The van der Waals surface area contributed by atoms with Crippen molar-refractivity contribution in [2.24, 2.45) is 5.92 Å². The van der Waals surface area contributed by atoms with E-state index >= 15 is 0 Å². The van der Waals surface area contributed by atoms with Gasteiger partial charge in [0.15, 0.2) is 0 Å². The number of carbonyl (C=O) groups excluding carboxylic acids is 1. The minimum Gasteiger partial charge on any atom is -0.481 e. The van der Waals surface area contributed by atoms with Gasteiger partial charge in [0.1, 0.15) is 0 Å². The van der Waals surface area contributed by atoms with Crippen LogP contribution in [0.25, 0.3) is 0 Å². The average molecular weight is 270 g/mol. The van der Waals surface area contributed by atoms with Crippen molar-refractivity contribution in [1.82, 2.24) is 10.2 Å². The SMILES string of the molecule is CC1C(C(=O)O)CCN1C(=O)NC1(C)CCOC1C. The Kier molecular flexibility index (Phi) is 3.71. The topological polar surface area (TPSA) is 78.9 Å². The van der Waals surface area contributed by atoms with E-state index in [0.717, 1.165) is 6.42 Å². The van der Waals surface area contributed by atoms with Crippen molar-refractivity contribution < 1.29 is 19.4 Å². The summed E-state index contributed by atoms with van der Waals surface area (Å²) in [5.74, 6) is -1.29. The van der Waals surface area contributed by atoms with Gasteiger partial charge < -0.3 is 20.1 Å². The summed E-state index contributed by atoms with van der Waals surface area (Å²) in [6.45, 7) is 6.85. The number of hydrogen-bond donors (Lipinski definition) is 2. The van der Waals surface area contributed by atoms with Crippen LogP contribution < -0.4 is 5.32 Å². The third-order valence-electron chi connectivity index (χ3n) is 4.61. The zero-order valence-electron chi connectivity index (χ0n) is 11.7. The van der Waals surface area contributed by atoms with E-state index in [0.29, 0.717) is 19.6 Å². The van der Waals surface area contributed by atoms with Crippen LogP contribution in [0.4, 0.5) is 4.79 Å². The fourth-order valence-corrected chi connectivity index (χ4v) is 2.87. The van der Waals surface area contributed by atoms with Gasteiger partial charge in [0.25, 0.3) is 0 Å². The van der Waals surface area contributed by atoms with Gasteiger partial charge in [0, 0.05) is 19.2 Å². The number of urea groups is 1. The minimum absolute atomic E-state index is 0.0235. The van der Waals surface area contributed by atoms with Crippen LogP contribution in [0.2, 0.25) is 0 Å². The molecule has 0 aliphatic carbocycles. The second-order valence-electron chi connectivity index (χ2n) is 5.78. The standard InChI is InChI=1S/C13H22N2O4/c1-8-10(11(16)17)4-6-15(8)12(18)14-13(3)5-7-19-9(13)2/h8-10H,4-7H2,1-3H3,(H,14,18)(H,16,17). The molecule has 2 N–H and O–H groups in total. The van der Waals surface area contributed by atoms with E-state index in [4.69, 9.17) is 9.84 Å². The van der Waals surface area contributed by atoms with Gasteiger partial charge in [-0.2, -0.15) is 0 Å². The molecule has 0 aromatic heterocycles. The first kappa shape index (κ1) is 14.1. The van der Waals surface area contributed by atoms with E-state index in [2.05, 4.69) is 5.32 Å². The molecule has 0 aromatic carbocycles. The number of carboxylic acids is 1. The molecule has 108 valence electrons. The Bertz CT molecular complexity index is 387. The summed E-state index contributed by atoms with van der Waals surface area (Å²) in [5.41, 5.74) is -0.363. The van der Waals surface area contributed by atoms with Gasteiger partial charge >= 0.3 is 12.0 Å². The summed E-state index contributed by atoms with van der Waals surface area (Å²) < 4.78 is 5.49. The number of rotatable bonds is 2. The van der Waals surface area contributed by atoms with Gasteiger partial charge in [-0.1, -0.05) is 0 Å². The monoisotopic (exact) mass is 270 g/mol. The lowest BCUT2D eigenvalue weighted by Gasteiger charge is -2.33. The van der Waals surface area contributed by atoms with Crippen molar-refractivity contribution in [2.45, 2.75) is 51.3 Å². The molecule has 0 saturated carbocycles. The van der Waals surface area contributed by atoms with E-state index in [1.54, 1.807) is 11.8 Å². The minimum atomic E-state index is -0.827. The molecule has 0 aromatic rings. The lowest BCUT2D eigenvalue weighted by atomic mass is 9.95. The zero-order valence-corrected chi connectivity index (χ0v) is 11.7. The number of likely N-dealkylation sites (tertiary alicyclic amines) is 1. The molecule has 2 rings (SSSR count). The van der Waals surface area contributed by atoms with Crippen LogP contribution in [0.15, 0.2) is 0 Å². The second-order valence-corrected chi connectivity index (χ2v) is 5.78. The quantitative estimate of drug-likeness (QED) is 0.786. The summed E-state index contributed by atoms with van der Waals surface area (Å²) in [6.07, 6.45) is 1.28. The zero-order chi connectivity index (χ0) is 14.2. The Hall–Kier alpha value is -1.30. The third-order valence-corrected chi connectivity index (χ3v) is 4.61.